The maximum atomic E-state index is 14.1. The molecule has 1 aromatic heterocycles. The van der Waals surface area contributed by atoms with E-state index in [1.165, 1.54) is 11.3 Å². The number of allylic oxidation sites excluding steroid dienone is 1. The molecule has 0 unspecified atom stereocenters. The summed E-state index contributed by atoms with van der Waals surface area (Å²) in [6, 6.07) is 19.8. The van der Waals surface area contributed by atoms with E-state index in [1.807, 2.05) is 66.7 Å². The topological polar surface area (TPSA) is 81.9 Å². The number of rotatable bonds is 7. The fourth-order valence-electron chi connectivity index (χ4n) is 4.55. The van der Waals surface area contributed by atoms with Gasteiger partial charge in [0, 0.05) is 14.8 Å². The van der Waals surface area contributed by atoms with Crippen LogP contribution in [0.15, 0.2) is 87.8 Å². The van der Waals surface area contributed by atoms with E-state index in [2.05, 4.69) is 56.4 Å². The van der Waals surface area contributed by atoms with Crippen molar-refractivity contribution in [1.82, 2.24) is 4.57 Å². The summed E-state index contributed by atoms with van der Waals surface area (Å²) in [6.45, 7) is 1.89. The zero-order valence-corrected chi connectivity index (χ0v) is 27.1. The molecule has 0 saturated heterocycles. The van der Waals surface area contributed by atoms with Crippen molar-refractivity contribution in [2.45, 2.75) is 13.0 Å². The number of aromatic nitrogens is 1. The number of carbonyl (C=O) groups is 1. The average Bonchev–Trinajstić information content (AvgIpc) is 3.26. The second-order valence-corrected chi connectivity index (χ2v) is 12.4. The van der Waals surface area contributed by atoms with Gasteiger partial charge in [-0.3, -0.25) is 14.2 Å². The molecule has 1 aliphatic heterocycles. The van der Waals surface area contributed by atoms with Gasteiger partial charge >= 0.3 is 0 Å². The molecular formula is C31H23I2N3O4S. The van der Waals surface area contributed by atoms with Crippen molar-refractivity contribution in [2.24, 2.45) is 4.99 Å². The van der Waals surface area contributed by atoms with E-state index in [0.717, 1.165) is 18.3 Å². The number of fused-ring (bicyclic) bond motifs is 1. The summed E-state index contributed by atoms with van der Waals surface area (Å²) in [6.07, 6.45) is 7.24. The Kier molecular flexibility index (Phi) is 8.96. The van der Waals surface area contributed by atoms with Crippen molar-refractivity contribution in [3.05, 3.63) is 116 Å². The van der Waals surface area contributed by atoms with E-state index < -0.39 is 6.04 Å². The molecule has 7 nitrogen and oxygen atoms in total. The van der Waals surface area contributed by atoms with Gasteiger partial charge in [-0.2, -0.15) is 0 Å². The average molecular weight is 787 g/mol. The van der Waals surface area contributed by atoms with Gasteiger partial charge in [-0.1, -0.05) is 47.6 Å². The van der Waals surface area contributed by atoms with E-state index in [4.69, 9.17) is 20.9 Å². The number of para-hydroxylation sites is 1. The molecule has 0 aliphatic carbocycles. The number of amides is 1. The number of methoxy groups -OCH3 is 1. The fraction of sp³-hybridized carbons (Fsp3) is 0.129. The Balaban J connectivity index is 1.70. The summed E-state index contributed by atoms with van der Waals surface area (Å²) in [5.41, 5.74) is 2.75. The molecular weight excluding hydrogens is 764 g/mol. The second kappa shape index (κ2) is 12.6. The number of thiazole rings is 1. The largest absolute Gasteiger partial charge is 0.497 e. The first kappa shape index (κ1) is 29.1. The number of benzene rings is 3. The van der Waals surface area contributed by atoms with Crippen molar-refractivity contribution in [1.29, 1.82) is 0 Å². The molecule has 0 spiro atoms. The normalized spacial score (nSPS) is 14.6. The van der Waals surface area contributed by atoms with E-state index in [0.29, 0.717) is 37.8 Å². The first-order valence-electron chi connectivity index (χ1n) is 12.4. The quantitative estimate of drug-likeness (QED) is 0.209. The molecule has 3 aromatic carbocycles. The molecule has 1 amide bonds. The molecule has 1 N–H and O–H groups in total. The van der Waals surface area contributed by atoms with Gasteiger partial charge < -0.3 is 14.8 Å². The smallest absolute Gasteiger partial charge is 0.271 e. The first-order valence-corrected chi connectivity index (χ1v) is 15.4. The van der Waals surface area contributed by atoms with Gasteiger partial charge in [-0.15, -0.1) is 6.42 Å². The maximum Gasteiger partial charge on any atom is 0.271 e. The molecule has 5 rings (SSSR count). The zero-order chi connectivity index (χ0) is 29.1. The van der Waals surface area contributed by atoms with Crippen LogP contribution in [0.25, 0.3) is 6.08 Å². The third-order valence-electron chi connectivity index (χ3n) is 6.33. The first-order chi connectivity index (χ1) is 19.8. The minimum absolute atomic E-state index is 0.105. The summed E-state index contributed by atoms with van der Waals surface area (Å²) in [4.78, 5) is 33.1. The number of terminal acetylenes is 1. The Morgan fingerprint density at radius 2 is 1.95 bits per heavy atom. The van der Waals surface area contributed by atoms with E-state index in [9.17, 15) is 9.59 Å². The third-order valence-corrected chi connectivity index (χ3v) is 8.74. The Bertz CT molecular complexity index is 1910. The van der Waals surface area contributed by atoms with Crippen LogP contribution in [0.1, 0.15) is 24.1 Å². The van der Waals surface area contributed by atoms with Crippen LogP contribution >= 0.6 is 56.5 Å². The van der Waals surface area contributed by atoms with Crippen molar-refractivity contribution in [2.75, 3.05) is 19.0 Å². The van der Waals surface area contributed by atoms with Crippen LogP contribution in [0.5, 0.6) is 11.5 Å². The van der Waals surface area contributed by atoms with Crippen LogP contribution < -0.4 is 29.7 Å². The number of anilines is 1. The number of hydrogen-bond acceptors (Lipinski definition) is 6. The lowest BCUT2D eigenvalue weighted by Gasteiger charge is -2.25. The highest BCUT2D eigenvalue weighted by Crippen LogP contribution is 2.33. The van der Waals surface area contributed by atoms with Crippen LogP contribution in [0.2, 0.25) is 0 Å². The Hall–Kier alpha value is -3.41. The Labute approximate surface area is 267 Å². The molecule has 0 bridgehead atoms. The fourth-order valence-corrected chi connectivity index (χ4v) is 7.64. The lowest BCUT2D eigenvalue weighted by Crippen LogP contribution is -2.40. The minimum atomic E-state index is -0.722. The van der Waals surface area contributed by atoms with Crippen LogP contribution in [0, 0.1) is 19.5 Å². The maximum absolute atomic E-state index is 14.1. The van der Waals surface area contributed by atoms with Gasteiger partial charge in [0.05, 0.1) is 32.5 Å². The highest BCUT2D eigenvalue weighted by molar-refractivity contribution is 14.1. The van der Waals surface area contributed by atoms with E-state index in [-0.39, 0.29) is 18.1 Å². The molecule has 1 aliphatic rings. The number of ether oxygens (including phenoxy) is 2. The predicted octanol–water partition coefficient (Wildman–Crippen LogP) is 5.10. The SMILES string of the molecule is C#CCOc1c(I)cc(I)cc1/C=c1\sc2n(c1=O)[C@H](c1cccc(OC)c1)C(C(=O)Nc1ccccc1)=C(C)N=2. The van der Waals surface area contributed by atoms with Crippen LogP contribution in [0.4, 0.5) is 5.69 Å². The molecule has 2 heterocycles. The van der Waals surface area contributed by atoms with Gasteiger partial charge in [0.1, 0.15) is 18.1 Å². The number of nitrogens with zero attached hydrogens (tertiary/aromatic N) is 2. The lowest BCUT2D eigenvalue weighted by molar-refractivity contribution is -0.113. The van der Waals surface area contributed by atoms with E-state index in [1.54, 1.807) is 24.7 Å². The number of hydrogen-bond donors (Lipinski definition) is 1. The third kappa shape index (κ3) is 6.12. The van der Waals surface area contributed by atoms with Crippen molar-refractivity contribution in [3.63, 3.8) is 0 Å². The van der Waals surface area contributed by atoms with Crippen LogP contribution in [0.3, 0.4) is 0 Å². The number of halogens is 2. The number of nitrogens with one attached hydrogen (secondary N) is 1. The van der Waals surface area contributed by atoms with Crippen molar-refractivity contribution < 1.29 is 14.3 Å². The molecule has 10 heteroatoms. The summed E-state index contributed by atoms with van der Waals surface area (Å²) in [7, 11) is 1.58. The molecule has 0 radical (unpaired) electrons. The monoisotopic (exact) mass is 787 g/mol. The molecule has 0 fully saturated rings. The van der Waals surface area contributed by atoms with Gasteiger partial charge in [-0.05, 0) is 100 Å². The standard InChI is InChI=1S/C31H23I2N3O4S/c1-4-13-40-28-20(14-21(32)17-24(28)33)16-25-30(38)36-27(19-9-8-12-23(15-19)39-3)26(18(2)34-31(36)41-25)29(37)35-22-10-6-5-7-11-22/h1,5-12,14-17,27H,13H2,2-3H3,(H,35,37)/b25-16-/t27-/m1/s1. The summed E-state index contributed by atoms with van der Waals surface area (Å²) in [5, 5.41) is 2.96. The van der Waals surface area contributed by atoms with E-state index >= 15 is 0 Å². The van der Waals surface area contributed by atoms with Gasteiger partial charge in [0.2, 0.25) is 0 Å². The predicted molar refractivity (Wildman–Crippen MR) is 178 cm³/mol. The minimum Gasteiger partial charge on any atom is -0.497 e. The number of carbonyl (C=O) groups excluding carboxylic acids is 1. The highest BCUT2D eigenvalue weighted by Gasteiger charge is 2.33. The molecule has 206 valence electrons. The molecule has 4 aromatic rings. The molecule has 41 heavy (non-hydrogen) atoms. The van der Waals surface area contributed by atoms with Crippen LogP contribution in [-0.4, -0.2) is 24.2 Å². The van der Waals surface area contributed by atoms with Gasteiger partial charge in [-0.25, -0.2) is 4.99 Å². The lowest BCUT2D eigenvalue weighted by atomic mass is 9.95. The molecule has 0 saturated carbocycles. The second-order valence-electron chi connectivity index (χ2n) is 8.98. The van der Waals surface area contributed by atoms with Crippen LogP contribution in [-0.2, 0) is 4.79 Å². The van der Waals surface area contributed by atoms with Crippen molar-refractivity contribution in [3.8, 4) is 23.8 Å². The summed E-state index contributed by atoms with van der Waals surface area (Å²) < 4.78 is 15.2. The van der Waals surface area contributed by atoms with Gasteiger partial charge in [0.15, 0.2) is 4.80 Å². The highest BCUT2D eigenvalue weighted by atomic mass is 127. The Morgan fingerprint density at radius 1 is 1.17 bits per heavy atom. The van der Waals surface area contributed by atoms with Crippen molar-refractivity contribution >= 4 is 74.2 Å². The Morgan fingerprint density at radius 3 is 2.68 bits per heavy atom. The summed E-state index contributed by atoms with van der Waals surface area (Å²) >= 11 is 5.69. The zero-order valence-electron chi connectivity index (χ0n) is 22.0. The summed E-state index contributed by atoms with van der Waals surface area (Å²) in [5.74, 6) is 3.39. The molecule has 1 atom stereocenters. The van der Waals surface area contributed by atoms with Gasteiger partial charge in [0.25, 0.3) is 11.5 Å².